The van der Waals surface area contributed by atoms with Crippen LogP contribution in [0.1, 0.15) is 31.7 Å². The molecule has 88 valence electrons. The minimum Gasteiger partial charge on any atom is -0.311 e. The van der Waals surface area contributed by atoms with Gasteiger partial charge in [0, 0.05) is 18.7 Å². The summed E-state index contributed by atoms with van der Waals surface area (Å²) in [5.41, 5.74) is 2.16. The Bertz CT molecular complexity index is 456. The number of benzene rings is 1. The first kappa shape index (κ1) is 11.7. The van der Waals surface area contributed by atoms with Crippen molar-refractivity contribution in [3.63, 3.8) is 0 Å². The highest BCUT2D eigenvalue weighted by Crippen LogP contribution is 2.26. The molecule has 1 atom stereocenters. The summed E-state index contributed by atoms with van der Waals surface area (Å²) in [6, 6.07) is 10.2. The van der Waals surface area contributed by atoms with Gasteiger partial charge in [0.2, 0.25) is 5.91 Å². The van der Waals surface area contributed by atoms with Crippen molar-refractivity contribution in [2.45, 2.75) is 26.2 Å². The summed E-state index contributed by atoms with van der Waals surface area (Å²) in [6.45, 7) is 4.81. The van der Waals surface area contributed by atoms with Crippen LogP contribution in [0.4, 0.5) is 5.69 Å². The zero-order chi connectivity index (χ0) is 12.4. The van der Waals surface area contributed by atoms with Gasteiger partial charge >= 0.3 is 0 Å². The number of rotatable bonds is 2. The highest BCUT2D eigenvalue weighted by atomic mass is 16.2. The average Bonchev–Trinajstić information content (AvgIpc) is 2.71. The van der Waals surface area contributed by atoms with Gasteiger partial charge in [-0.2, -0.15) is 5.26 Å². The van der Waals surface area contributed by atoms with Crippen LogP contribution in [0.25, 0.3) is 0 Å². The van der Waals surface area contributed by atoms with Crippen molar-refractivity contribution in [2.75, 3.05) is 11.4 Å². The molecule has 0 bridgehead atoms. The van der Waals surface area contributed by atoms with Crippen molar-refractivity contribution < 1.29 is 4.79 Å². The molecule has 0 aromatic heterocycles. The summed E-state index contributed by atoms with van der Waals surface area (Å²) in [5, 5.41) is 8.84. The third kappa shape index (κ3) is 2.31. The van der Waals surface area contributed by atoms with Gasteiger partial charge in [0.25, 0.3) is 0 Å². The summed E-state index contributed by atoms with van der Waals surface area (Å²) < 4.78 is 0. The second kappa shape index (κ2) is 4.58. The number of hydrogen-bond acceptors (Lipinski definition) is 2. The van der Waals surface area contributed by atoms with E-state index in [9.17, 15) is 4.79 Å². The van der Waals surface area contributed by atoms with Gasteiger partial charge in [-0.25, -0.2) is 0 Å². The average molecular weight is 228 g/mol. The van der Waals surface area contributed by atoms with Crippen molar-refractivity contribution in [3.05, 3.63) is 29.8 Å². The molecule has 1 aromatic rings. The molecule has 0 N–H and O–H groups in total. The standard InChI is InChI=1S/C14H16N2O/c1-10(2)12-3-5-13(6-4-12)16-9-11(8-15)7-14(16)17/h3-6,10-11H,7,9H2,1-2H3. The minimum atomic E-state index is -0.160. The number of carbonyl (C=O) groups excluding carboxylic acids is 1. The molecule has 0 radical (unpaired) electrons. The molecule has 0 spiro atoms. The lowest BCUT2D eigenvalue weighted by atomic mass is 10.0. The molecule has 1 aliphatic heterocycles. The zero-order valence-corrected chi connectivity index (χ0v) is 10.2. The molecule has 1 fully saturated rings. The smallest absolute Gasteiger partial charge is 0.228 e. The summed E-state index contributed by atoms with van der Waals surface area (Å²) in [4.78, 5) is 13.4. The van der Waals surface area contributed by atoms with Crippen LogP contribution in [0.2, 0.25) is 0 Å². The summed E-state index contributed by atoms with van der Waals surface area (Å²) in [5.74, 6) is 0.381. The van der Waals surface area contributed by atoms with E-state index >= 15 is 0 Å². The molecule has 0 aliphatic carbocycles. The van der Waals surface area contributed by atoms with Crippen molar-refractivity contribution in [1.29, 1.82) is 5.26 Å². The Balaban J connectivity index is 2.18. The fourth-order valence-corrected chi connectivity index (χ4v) is 2.08. The molecule has 1 saturated heterocycles. The minimum absolute atomic E-state index is 0.0499. The maximum atomic E-state index is 11.7. The predicted molar refractivity (Wildman–Crippen MR) is 66.6 cm³/mol. The van der Waals surface area contributed by atoms with Crippen LogP contribution in [0.5, 0.6) is 0 Å². The predicted octanol–water partition coefficient (Wildman–Crippen LogP) is 2.69. The molecule has 3 nitrogen and oxygen atoms in total. The lowest BCUT2D eigenvalue weighted by Gasteiger charge is -2.16. The molecule has 1 aliphatic rings. The maximum absolute atomic E-state index is 11.7. The van der Waals surface area contributed by atoms with Crippen LogP contribution in [0, 0.1) is 17.2 Å². The van der Waals surface area contributed by atoms with E-state index in [0.29, 0.717) is 18.9 Å². The quantitative estimate of drug-likeness (QED) is 0.781. The van der Waals surface area contributed by atoms with Crippen molar-refractivity contribution in [1.82, 2.24) is 0 Å². The first-order valence-corrected chi connectivity index (χ1v) is 5.91. The Morgan fingerprint density at radius 1 is 1.35 bits per heavy atom. The van der Waals surface area contributed by atoms with Crippen LogP contribution >= 0.6 is 0 Å². The Kier molecular flexibility index (Phi) is 3.14. The molecule has 3 heteroatoms. The number of carbonyl (C=O) groups is 1. The van der Waals surface area contributed by atoms with E-state index in [4.69, 9.17) is 5.26 Å². The van der Waals surface area contributed by atoms with E-state index in [1.807, 2.05) is 24.3 Å². The first-order chi connectivity index (χ1) is 8.11. The largest absolute Gasteiger partial charge is 0.311 e. The summed E-state index contributed by atoms with van der Waals surface area (Å²) >= 11 is 0. The summed E-state index contributed by atoms with van der Waals surface area (Å²) in [7, 11) is 0. The van der Waals surface area contributed by atoms with Gasteiger partial charge in [-0.1, -0.05) is 26.0 Å². The Labute approximate surface area is 102 Å². The fraction of sp³-hybridized carbons (Fsp3) is 0.429. The molecule has 2 rings (SSSR count). The zero-order valence-electron chi connectivity index (χ0n) is 10.2. The van der Waals surface area contributed by atoms with Gasteiger partial charge < -0.3 is 4.90 Å². The molecule has 17 heavy (non-hydrogen) atoms. The van der Waals surface area contributed by atoms with Gasteiger partial charge in [-0.15, -0.1) is 0 Å². The van der Waals surface area contributed by atoms with Crippen molar-refractivity contribution in [2.24, 2.45) is 5.92 Å². The number of amides is 1. The van der Waals surface area contributed by atoms with Crippen molar-refractivity contribution >= 4 is 11.6 Å². The third-order valence-corrected chi connectivity index (χ3v) is 3.18. The van der Waals surface area contributed by atoms with Crippen molar-refractivity contribution in [3.8, 4) is 6.07 Å². The van der Waals surface area contributed by atoms with Gasteiger partial charge in [-0.05, 0) is 23.6 Å². The number of nitrogens with zero attached hydrogens (tertiary/aromatic N) is 2. The van der Waals surface area contributed by atoms with Gasteiger partial charge in [0.15, 0.2) is 0 Å². The number of nitriles is 1. The molecule has 1 amide bonds. The van der Waals surface area contributed by atoms with E-state index in [2.05, 4.69) is 19.9 Å². The van der Waals surface area contributed by atoms with Gasteiger partial charge in [-0.3, -0.25) is 4.79 Å². The Hall–Kier alpha value is -1.82. The Morgan fingerprint density at radius 2 is 2.00 bits per heavy atom. The molecule has 1 aromatic carbocycles. The first-order valence-electron chi connectivity index (χ1n) is 5.91. The van der Waals surface area contributed by atoms with E-state index in [0.717, 1.165) is 5.69 Å². The summed E-state index contributed by atoms with van der Waals surface area (Å²) in [6.07, 6.45) is 0.350. The van der Waals surface area contributed by atoms with Crippen LogP contribution in [0.15, 0.2) is 24.3 Å². The van der Waals surface area contributed by atoms with Crippen LogP contribution in [-0.2, 0) is 4.79 Å². The highest BCUT2D eigenvalue weighted by molar-refractivity contribution is 5.96. The highest BCUT2D eigenvalue weighted by Gasteiger charge is 2.30. The molecule has 0 saturated carbocycles. The van der Waals surface area contributed by atoms with E-state index in [-0.39, 0.29) is 11.8 Å². The molecular formula is C14H16N2O. The lowest BCUT2D eigenvalue weighted by molar-refractivity contribution is -0.117. The SMILES string of the molecule is CC(C)c1ccc(N2CC(C#N)CC2=O)cc1. The maximum Gasteiger partial charge on any atom is 0.228 e. The van der Waals surface area contributed by atoms with E-state index < -0.39 is 0 Å². The monoisotopic (exact) mass is 228 g/mol. The van der Waals surface area contributed by atoms with E-state index in [1.54, 1.807) is 4.90 Å². The molecule has 1 heterocycles. The van der Waals surface area contributed by atoms with Gasteiger partial charge in [0.1, 0.15) is 0 Å². The van der Waals surface area contributed by atoms with E-state index in [1.165, 1.54) is 5.56 Å². The molecule has 1 unspecified atom stereocenters. The van der Waals surface area contributed by atoms with Crippen LogP contribution in [-0.4, -0.2) is 12.5 Å². The number of hydrogen-bond donors (Lipinski definition) is 0. The van der Waals surface area contributed by atoms with Gasteiger partial charge in [0.05, 0.1) is 12.0 Å². The molecular weight excluding hydrogens is 212 g/mol. The lowest BCUT2D eigenvalue weighted by Crippen LogP contribution is -2.24. The fourth-order valence-electron chi connectivity index (χ4n) is 2.08. The van der Waals surface area contributed by atoms with Crippen LogP contribution in [0.3, 0.4) is 0 Å². The second-order valence-corrected chi connectivity index (χ2v) is 4.78. The Morgan fingerprint density at radius 3 is 2.47 bits per heavy atom. The number of anilines is 1. The topological polar surface area (TPSA) is 44.1 Å². The normalized spacial score (nSPS) is 19.8. The van der Waals surface area contributed by atoms with Crippen LogP contribution < -0.4 is 4.90 Å². The second-order valence-electron chi connectivity index (χ2n) is 4.78. The third-order valence-electron chi connectivity index (χ3n) is 3.18.